The van der Waals surface area contributed by atoms with Crippen molar-refractivity contribution in [3.63, 3.8) is 0 Å². The monoisotopic (exact) mass is 337 g/mol. The minimum atomic E-state index is 0.0747. The van der Waals surface area contributed by atoms with Gasteiger partial charge in [0.2, 0.25) is 0 Å². The van der Waals surface area contributed by atoms with Crippen molar-refractivity contribution < 1.29 is 9.47 Å². The number of ether oxygens (including phenoxy) is 2. The van der Waals surface area contributed by atoms with Crippen molar-refractivity contribution in [3.05, 3.63) is 71.5 Å². The molecule has 0 spiro atoms. The van der Waals surface area contributed by atoms with E-state index in [1.165, 1.54) is 0 Å². The van der Waals surface area contributed by atoms with Gasteiger partial charge in [-0.3, -0.25) is 0 Å². The van der Waals surface area contributed by atoms with Crippen molar-refractivity contribution in [1.82, 2.24) is 9.55 Å². The van der Waals surface area contributed by atoms with E-state index < -0.39 is 0 Å². The summed E-state index contributed by atoms with van der Waals surface area (Å²) in [5.41, 5.74) is 9.19. The first-order valence-corrected chi connectivity index (χ1v) is 8.17. The molecular weight excluding hydrogens is 314 g/mol. The van der Waals surface area contributed by atoms with Crippen LogP contribution in [0.2, 0.25) is 0 Å². The molecule has 130 valence electrons. The highest BCUT2D eigenvalue weighted by Gasteiger charge is 2.20. The molecule has 0 saturated heterocycles. The first-order valence-electron chi connectivity index (χ1n) is 8.17. The molecular formula is C20H23N3O2. The number of rotatable bonds is 6. The molecule has 1 heterocycles. The number of benzene rings is 2. The molecule has 1 atom stereocenters. The zero-order chi connectivity index (χ0) is 17.8. The van der Waals surface area contributed by atoms with E-state index >= 15 is 0 Å². The summed E-state index contributed by atoms with van der Waals surface area (Å²) >= 11 is 0. The summed E-state index contributed by atoms with van der Waals surface area (Å²) < 4.78 is 12.6. The first kappa shape index (κ1) is 16.9. The summed E-state index contributed by atoms with van der Waals surface area (Å²) in [6.07, 6.45) is 2.76. The maximum Gasteiger partial charge on any atom is 0.200 e. The highest BCUT2D eigenvalue weighted by molar-refractivity contribution is 5.40. The third-order valence-electron chi connectivity index (χ3n) is 4.42. The Hall–Kier alpha value is -2.95. The van der Waals surface area contributed by atoms with Gasteiger partial charge in [-0.1, -0.05) is 30.3 Å². The molecule has 0 aliphatic rings. The Morgan fingerprint density at radius 1 is 1.04 bits per heavy atom. The lowest BCUT2D eigenvalue weighted by Gasteiger charge is -2.18. The van der Waals surface area contributed by atoms with Crippen LogP contribution in [-0.4, -0.2) is 23.8 Å². The molecule has 0 bridgehead atoms. The van der Waals surface area contributed by atoms with Gasteiger partial charge in [0.15, 0.2) is 5.95 Å². The van der Waals surface area contributed by atoms with Crippen LogP contribution < -0.4 is 15.2 Å². The lowest BCUT2D eigenvalue weighted by molar-refractivity contribution is 0.408. The highest BCUT2D eigenvalue weighted by atomic mass is 16.5. The average molecular weight is 337 g/mol. The van der Waals surface area contributed by atoms with Crippen molar-refractivity contribution in [2.75, 3.05) is 20.0 Å². The van der Waals surface area contributed by atoms with Crippen LogP contribution in [0.5, 0.6) is 11.5 Å². The number of hydrogen-bond acceptors (Lipinski definition) is 4. The Balaban J connectivity index is 2.01. The summed E-state index contributed by atoms with van der Waals surface area (Å²) in [7, 11) is 5.26. The predicted molar refractivity (Wildman–Crippen MR) is 99.2 cm³/mol. The number of aryl methyl sites for hydroxylation is 1. The third-order valence-corrected chi connectivity index (χ3v) is 4.42. The number of nitrogen functional groups attached to an aromatic ring is 1. The van der Waals surface area contributed by atoms with Gasteiger partial charge >= 0.3 is 0 Å². The molecule has 0 amide bonds. The van der Waals surface area contributed by atoms with Gasteiger partial charge in [-0.05, 0) is 35.7 Å². The summed E-state index contributed by atoms with van der Waals surface area (Å²) in [4.78, 5) is 4.55. The second-order valence-electron chi connectivity index (χ2n) is 5.98. The number of aromatic nitrogens is 2. The Kier molecular flexibility index (Phi) is 4.93. The van der Waals surface area contributed by atoms with Crippen LogP contribution in [0.1, 0.15) is 22.7 Å². The molecule has 2 N–H and O–H groups in total. The molecule has 5 heteroatoms. The molecule has 0 radical (unpaired) electrons. The summed E-state index contributed by atoms with van der Waals surface area (Å²) in [5, 5.41) is 0. The van der Waals surface area contributed by atoms with Crippen LogP contribution in [0, 0.1) is 0 Å². The summed E-state index contributed by atoms with van der Waals surface area (Å²) in [6, 6.07) is 16.1. The van der Waals surface area contributed by atoms with Crippen LogP contribution >= 0.6 is 0 Å². The van der Waals surface area contributed by atoms with Crippen molar-refractivity contribution in [2.24, 2.45) is 7.05 Å². The van der Waals surface area contributed by atoms with Crippen LogP contribution in [0.15, 0.2) is 54.7 Å². The van der Waals surface area contributed by atoms with Crippen LogP contribution in [0.25, 0.3) is 0 Å². The van der Waals surface area contributed by atoms with Gasteiger partial charge in [-0.25, -0.2) is 4.98 Å². The number of methoxy groups -OCH3 is 2. The van der Waals surface area contributed by atoms with E-state index in [4.69, 9.17) is 15.2 Å². The minimum Gasteiger partial charge on any atom is -0.497 e. The quantitative estimate of drug-likeness (QED) is 0.749. The second-order valence-corrected chi connectivity index (χ2v) is 5.98. The van der Waals surface area contributed by atoms with Gasteiger partial charge in [0, 0.05) is 19.2 Å². The maximum atomic E-state index is 5.96. The fraction of sp³-hybridized carbons (Fsp3) is 0.250. The standard InChI is InChI=1S/C20H23N3O2/c1-23-13-18(22-20(23)21)17(14-8-10-16(24-2)11-9-14)12-15-6-4-5-7-19(15)25-3/h4-11,13,17H,12H2,1-3H3,(H2,21,22). The van der Waals surface area contributed by atoms with Gasteiger partial charge in [0.1, 0.15) is 11.5 Å². The number of hydrogen-bond donors (Lipinski definition) is 1. The zero-order valence-electron chi connectivity index (χ0n) is 14.8. The topological polar surface area (TPSA) is 62.3 Å². The van der Waals surface area contributed by atoms with Crippen LogP contribution in [0.3, 0.4) is 0 Å². The maximum absolute atomic E-state index is 5.96. The molecule has 1 aromatic heterocycles. The molecule has 0 saturated carbocycles. The minimum absolute atomic E-state index is 0.0747. The Bertz CT molecular complexity index is 821. The molecule has 2 aromatic carbocycles. The van der Waals surface area contributed by atoms with E-state index in [0.29, 0.717) is 5.95 Å². The molecule has 25 heavy (non-hydrogen) atoms. The SMILES string of the molecule is COc1ccc(C(Cc2ccccc2OC)c2cn(C)c(N)n2)cc1. The number of nitrogens with zero attached hydrogens (tertiary/aromatic N) is 2. The van der Waals surface area contributed by atoms with Gasteiger partial charge in [-0.2, -0.15) is 0 Å². The van der Waals surface area contributed by atoms with Gasteiger partial charge in [0.05, 0.1) is 19.9 Å². The summed E-state index contributed by atoms with van der Waals surface area (Å²) in [5.74, 6) is 2.30. The van der Waals surface area contributed by atoms with Gasteiger partial charge < -0.3 is 19.8 Å². The average Bonchev–Trinajstić information content (AvgIpc) is 2.98. The molecule has 5 nitrogen and oxygen atoms in total. The fourth-order valence-electron chi connectivity index (χ4n) is 2.99. The molecule has 1 unspecified atom stereocenters. The Morgan fingerprint density at radius 3 is 2.36 bits per heavy atom. The van der Waals surface area contributed by atoms with Gasteiger partial charge in [0.25, 0.3) is 0 Å². The smallest absolute Gasteiger partial charge is 0.200 e. The lowest BCUT2D eigenvalue weighted by atomic mass is 9.89. The fourth-order valence-corrected chi connectivity index (χ4v) is 2.99. The largest absolute Gasteiger partial charge is 0.497 e. The van der Waals surface area contributed by atoms with Crippen LogP contribution in [0.4, 0.5) is 5.95 Å². The Morgan fingerprint density at radius 2 is 1.76 bits per heavy atom. The molecule has 0 fully saturated rings. The van der Waals surface area contributed by atoms with Crippen molar-refractivity contribution in [1.29, 1.82) is 0 Å². The molecule has 0 aliphatic heterocycles. The van der Waals surface area contributed by atoms with Crippen molar-refractivity contribution in [3.8, 4) is 11.5 Å². The van der Waals surface area contributed by atoms with E-state index in [-0.39, 0.29) is 5.92 Å². The molecule has 3 aromatic rings. The predicted octanol–water partition coefficient (Wildman–Crippen LogP) is 3.39. The van der Waals surface area contributed by atoms with Crippen LogP contribution in [-0.2, 0) is 13.5 Å². The van der Waals surface area contributed by atoms with Gasteiger partial charge in [-0.15, -0.1) is 0 Å². The number of nitrogens with two attached hydrogens (primary N) is 1. The van der Waals surface area contributed by atoms with E-state index in [9.17, 15) is 0 Å². The van der Waals surface area contributed by atoms with E-state index in [1.54, 1.807) is 14.2 Å². The second kappa shape index (κ2) is 7.30. The van der Waals surface area contributed by atoms with Crippen molar-refractivity contribution in [2.45, 2.75) is 12.3 Å². The number of para-hydroxylation sites is 1. The summed E-state index contributed by atoms with van der Waals surface area (Å²) in [6.45, 7) is 0. The van der Waals surface area contributed by atoms with E-state index in [0.717, 1.165) is 34.7 Å². The Labute approximate surface area is 148 Å². The first-order chi connectivity index (χ1) is 12.1. The zero-order valence-corrected chi connectivity index (χ0v) is 14.8. The number of anilines is 1. The highest BCUT2D eigenvalue weighted by Crippen LogP contribution is 2.32. The number of imidazole rings is 1. The molecule has 3 rings (SSSR count). The lowest BCUT2D eigenvalue weighted by Crippen LogP contribution is -2.07. The normalized spacial score (nSPS) is 12.0. The van der Waals surface area contributed by atoms with E-state index in [2.05, 4.69) is 23.2 Å². The van der Waals surface area contributed by atoms with E-state index in [1.807, 2.05) is 48.1 Å². The molecule has 0 aliphatic carbocycles. The van der Waals surface area contributed by atoms with Crippen molar-refractivity contribution >= 4 is 5.95 Å². The third kappa shape index (κ3) is 3.60.